The van der Waals surface area contributed by atoms with Crippen LogP contribution in [0.25, 0.3) is 0 Å². The van der Waals surface area contributed by atoms with Crippen molar-refractivity contribution in [2.45, 2.75) is 20.1 Å². The molecule has 0 atom stereocenters. The van der Waals surface area contributed by atoms with Crippen molar-refractivity contribution in [3.8, 4) is 0 Å². The van der Waals surface area contributed by atoms with Crippen LogP contribution < -0.4 is 5.32 Å². The zero-order valence-corrected chi connectivity index (χ0v) is 11.1. The topological polar surface area (TPSA) is 61.7 Å². The molecular formula is C14H23NO3. The second-order valence-corrected chi connectivity index (χ2v) is 4.93. The van der Waals surface area contributed by atoms with Gasteiger partial charge in [0.15, 0.2) is 0 Å². The molecule has 0 radical (unpaired) electrons. The van der Waals surface area contributed by atoms with Crippen molar-refractivity contribution in [3.63, 3.8) is 0 Å². The van der Waals surface area contributed by atoms with Crippen molar-refractivity contribution in [1.29, 1.82) is 0 Å². The summed E-state index contributed by atoms with van der Waals surface area (Å²) in [6.07, 6.45) is 0. The van der Waals surface area contributed by atoms with Crippen LogP contribution >= 0.6 is 0 Å². The molecule has 0 saturated carbocycles. The van der Waals surface area contributed by atoms with Gasteiger partial charge >= 0.3 is 0 Å². The molecule has 0 heterocycles. The van der Waals surface area contributed by atoms with Gasteiger partial charge in [0.25, 0.3) is 0 Å². The predicted octanol–water partition coefficient (Wildman–Crippen LogP) is 0.913. The van der Waals surface area contributed by atoms with E-state index in [0.29, 0.717) is 19.7 Å². The second kappa shape index (κ2) is 7.48. The summed E-state index contributed by atoms with van der Waals surface area (Å²) in [6, 6.07) is 8.07. The molecule has 1 aromatic rings. The summed E-state index contributed by atoms with van der Waals surface area (Å²) in [5.41, 5.74) is 1.86. The summed E-state index contributed by atoms with van der Waals surface area (Å²) >= 11 is 0. The van der Waals surface area contributed by atoms with E-state index in [1.807, 2.05) is 25.1 Å². The Balaban J connectivity index is 2.53. The average Bonchev–Trinajstić information content (AvgIpc) is 2.41. The standard InChI is InChI=1S/C14H23NO3/c1-14(10-16,11-17)9-15-7-12-5-3-4-6-13(12)8-18-2/h3-6,15-17H,7-11H2,1-2H3. The molecule has 18 heavy (non-hydrogen) atoms. The van der Waals surface area contributed by atoms with Gasteiger partial charge in [-0.05, 0) is 11.1 Å². The highest BCUT2D eigenvalue weighted by Gasteiger charge is 2.21. The highest BCUT2D eigenvalue weighted by atomic mass is 16.5. The van der Waals surface area contributed by atoms with Crippen molar-refractivity contribution < 1.29 is 14.9 Å². The predicted molar refractivity (Wildman–Crippen MR) is 71.1 cm³/mol. The van der Waals surface area contributed by atoms with Gasteiger partial charge < -0.3 is 20.3 Å². The zero-order chi connectivity index (χ0) is 13.4. The minimum absolute atomic E-state index is 0.0315. The molecule has 0 aliphatic rings. The van der Waals surface area contributed by atoms with Crippen molar-refractivity contribution in [2.75, 3.05) is 26.9 Å². The Kier molecular flexibility index (Phi) is 6.29. The van der Waals surface area contributed by atoms with Gasteiger partial charge in [0.2, 0.25) is 0 Å². The summed E-state index contributed by atoms with van der Waals surface area (Å²) in [6.45, 7) is 3.65. The first-order valence-corrected chi connectivity index (χ1v) is 6.13. The molecule has 0 aliphatic carbocycles. The van der Waals surface area contributed by atoms with E-state index in [2.05, 4.69) is 11.4 Å². The third-order valence-corrected chi connectivity index (χ3v) is 3.05. The van der Waals surface area contributed by atoms with E-state index in [0.717, 1.165) is 5.56 Å². The molecule has 0 unspecified atom stereocenters. The summed E-state index contributed by atoms with van der Waals surface area (Å²) in [7, 11) is 1.68. The number of aliphatic hydroxyl groups is 2. The van der Waals surface area contributed by atoms with E-state index in [1.165, 1.54) is 5.56 Å². The molecular weight excluding hydrogens is 230 g/mol. The Morgan fingerprint density at radius 1 is 1.17 bits per heavy atom. The molecule has 0 bridgehead atoms. The highest BCUT2D eigenvalue weighted by molar-refractivity contribution is 5.26. The van der Waals surface area contributed by atoms with Gasteiger partial charge in [0.1, 0.15) is 0 Å². The monoisotopic (exact) mass is 253 g/mol. The maximum atomic E-state index is 9.20. The molecule has 0 aromatic heterocycles. The number of nitrogens with one attached hydrogen (secondary N) is 1. The van der Waals surface area contributed by atoms with Crippen LogP contribution in [0, 0.1) is 5.41 Å². The lowest BCUT2D eigenvalue weighted by atomic mass is 9.93. The van der Waals surface area contributed by atoms with Crippen LogP contribution in [0.3, 0.4) is 0 Å². The summed E-state index contributed by atoms with van der Waals surface area (Å²) in [5.74, 6) is 0. The van der Waals surface area contributed by atoms with E-state index >= 15 is 0 Å². The Hall–Kier alpha value is -0.940. The molecule has 1 aromatic carbocycles. The maximum Gasteiger partial charge on any atom is 0.0716 e. The maximum absolute atomic E-state index is 9.20. The minimum atomic E-state index is -0.476. The number of hydrogen-bond donors (Lipinski definition) is 3. The van der Waals surface area contributed by atoms with Crippen LogP contribution in [-0.4, -0.2) is 37.1 Å². The van der Waals surface area contributed by atoms with Gasteiger partial charge in [-0.3, -0.25) is 0 Å². The number of benzene rings is 1. The van der Waals surface area contributed by atoms with Crippen molar-refractivity contribution in [3.05, 3.63) is 35.4 Å². The fourth-order valence-electron chi connectivity index (χ4n) is 1.69. The number of ether oxygens (including phenoxy) is 1. The largest absolute Gasteiger partial charge is 0.396 e. The first kappa shape index (κ1) is 15.1. The van der Waals surface area contributed by atoms with Gasteiger partial charge in [-0.2, -0.15) is 0 Å². The Labute approximate surface area is 109 Å². The third kappa shape index (κ3) is 4.38. The molecule has 3 N–H and O–H groups in total. The van der Waals surface area contributed by atoms with Gasteiger partial charge in [-0.1, -0.05) is 31.2 Å². The van der Waals surface area contributed by atoms with Crippen molar-refractivity contribution >= 4 is 0 Å². The van der Waals surface area contributed by atoms with Gasteiger partial charge in [0.05, 0.1) is 19.8 Å². The number of methoxy groups -OCH3 is 1. The molecule has 0 saturated heterocycles. The highest BCUT2D eigenvalue weighted by Crippen LogP contribution is 2.14. The molecule has 4 nitrogen and oxygen atoms in total. The van der Waals surface area contributed by atoms with Gasteiger partial charge in [0, 0.05) is 25.6 Å². The smallest absolute Gasteiger partial charge is 0.0716 e. The number of aliphatic hydroxyl groups excluding tert-OH is 2. The quantitative estimate of drug-likeness (QED) is 0.644. The normalized spacial score (nSPS) is 11.8. The first-order chi connectivity index (χ1) is 8.65. The van der Waals surface area contributed by atoms with Gasteiger partial charge in [-0.15, -0.1) is 0 Å². The molecule has 0 amide bonds. The SMILES string of the molecule is COCc1ccccc1CNCC(C)(CO)CO. The van der Waals surface area contributed by atoms with Crippen LogP contribution in [0.15, 0.2) is 24.3 Å². The lowest BCUT2D eigenvalue weighted by Crippen LogP contribution is -2.37. The first-order valence-electron chi connectivity index (χ1n) is 6.13. The Morgan fingerprint density at radius 3 is 2.33 bits per heavy atom. The van der Waals surface area contributed by atoms with E-state index in [9.17, 15) is 10.2 Å². The number of hydrogen-bond acceptors (Lipinski definition) is 4. The van der Waals surface area contributed by atoms with Crippen molar-refractivity contribution in [2.24, 2.45) is 5.41 Å². The lowest BCUT2D eigenvalue weighted by molar-refractivity contribution is 0.0694. The molecule has 0 fully saturated rings. The van der Waals surface area contributed by atoms with E-state index < -0.39 is 5.41 Å². The fourth-order valence-corrected chi connectivity index (χ4v) is 1.69. The summed E-state index contributed by atoms with van der Waals surface area (Å²) in [5, 5.41) is 21.7. The molecule has 102 valence electrons. The summed E-state index contributed by atoms with van der Waals surface area (Å²) in [4.78, 5) is 0. The van der Waals surface area contributed by atoms with Crippen LogP contribution in [0.1, 0.15) is 18.1 Å². The van der Waals surface area contributed by atoms with Gasteiger partial charge in [-0.25, -0.2) is 0 Å². The van der Waals surface area contributed by atoms with E-state index in [1.54, 1.807) is 7.11 Å². The summed E-state index contributed by atoms with van der Waals surface area (Å²) < 4.78 is 5.15. The number of rotatable bonds is 8. The fraction of sp³-hybridized carbons (Fsp3) is 0.571. The van der Waals surface area contributed by atoms with Crippen LogP contribution in [0.2, 0.25) is 0 Å². The van der Waals surface area contributed by atoms with Crippen LogP contribution in [0.4, 0.5) is 0 Å². The molecule has 4 heteroatoms. The third-order valence-electron chi connectivity index (χ3n) is 3.05. The minimum Gasteiger partial charge on any atom is -0.396 e. The molecule has 1 rings (SSSR count). The lowest BCUT2D eigenvalue weighted by Gasteiger charge is -2.25. The van der Waals surface area contributed by atoms with E-state index in [-0.39, 0.29) is 13.2 Å². The average molecular weight is 253 g/mol. The molecule has 0 spiro atoms. The molecule has 0 aliphatic heterocycles. The van der Waals surface area contributed by atoms with Crippen LogP contribution in [0.5, 0.6) is 0 Å². The zero-order valence-electron chi connectivity index (χ0n) is 11.1. The second-order valence-electron chi connectivity index (χ2n) is 4.93. The Morgan fingerprint density at radius 2 is 1.78 bits per heavy atom. The Bertz CT molecular complexity index is 351. The van der Waals surface area contributed by atoms with Crippen LogP contribution in [-0.2, 0) is 17.9 Å². The van der Waals surface area contributed by atoms with E-state index in [4.69, 9.17) is 4.74 Å². The van der Waals surface area contributed by atoms with Crippen molar-refractivity contribution in [1.82, 2.24) is 5.32 Å².